The second kappa shape index (κ2) is 8.68. The van der Waals surface area contributed by atoms with Crippen molar-refractivity contribution in [2.75, 3.05) is 27.3 Å². The third-order valence-corrected chi connectivity index (χ3v) is 7.46. The number of piperidine rings is 1. The summed E-state index contributed by atoms with van der Waals surface area (Å²) in [7, 11) is -0.391. The number of aromatic nitrogens is 2. The fourth-order valence-electron chi connectivity index (χ4n) is 3.78. The van der Waals surface area contributed by atoms with Gasteiger partial charge in [-0.1, -0.05) is 6.07 Å². The van der Waals surface area contributed by atoms with Gasteiger partial charge >= 0.3 is 0 Å². The van der Waals surface area contributed by atoms with Gasteiger partial charge in [0.2, 0.25) is 21.8 Å². The molecule has 0 unspecified atom stereocenters. The van der Waals surface area contributed by atoms with E-state index in [-0.39, 0.29) is 10.8 Å². The molecule has 0 N–H and O–H groups in total. The average Bonchev–Trinajstić information content (AvgIpc) is 3.29. The summed E-state index contributed by atoms with van der Waals surface area (Å²) in [5, 5.41) is 8.37. The lowest BCUT2D eigenvalue weighted by molar-refractivity contribution is 0.291. The maximum atomic E-state index is 13.1. The molecule has 0 saturated carbocycles. The van der Waals surface area contributed by atoms with Crippen molar-refractivity contribution in [3.05, 3.63) is 53.9 Å². The number of aryl methyl sites for hydroxylation is 1. The first-order valence-corrected chi connectivity index (χ1v) is 11.5. The van der Waals surface area contributed by atoms with Crippen LogP contribution in [0.2, 0.25) is 0 Å². The fraction of sp³-hybridized carbons (Fsp3) is 0.364. The van der Waals surface area contributed by atoms with Crippen LogP contribution in [0, 0.1) is 6.92 Å². The lowest BCUT2D eigenvalue weighted by atomic mass is 9.98. The fourth-order valence-corrected chi connectivity index (χ4v) is 5.33. The van der Waals surface area contributed by atoms with Crippen LogP contribution in [0.25, 0.3) is 11.5 Å². The molecule has 2 heterocycles. The van der Waals surface area contributed by atoms with Gasteiger partial charge in [0.1, 0.15) is 11.5 Å². The van der Waals surface area contributed by atoms with E-state index in [2.05, 4.69) is 10.2 Å². The highest BCUT2D eigenvalue weighted by Gasteiger charge is 2.32. The van der Waals surface area contributed by atoms with E-state index >= 15 is 0 Å². The number of hydrogen-bond donors (Lipinski definition) is 0. The molecule has 1 aliphatic heterocycles. The Kier molecular flexibility index (Phi) is 5.97. The number of methoxy groups -OCH3 is 2. The van der Waals surface area contributed by atoms with E-state index in [4.69, 9.17) is 13.9 Å². The van der Waals surface area contributed by atoms with Gasteiger partial charge in [-0.25, -0.2) is 8.42 Å². The highest BCUT2D eigenvalue weighted by Crippen LogP contribution is 2.33. The number of benzene rings is 2. The highest BCUT2D eigenvalue weighted by atomic mass is 32.2. The molecule has 8 nitrogen and oxygen atoms in total. The van der Waals surface area contributed by atoms with Crippen molar-refractivity contribution in [2.24, 2.45) is 0 Å². The van der Waals surface area contributed by atoms with E-state index < -0.39 is 10.0 Å². The molecule has 2 aromatic carbocycles. The molecule has 31 heavy (non-hydrogen) atoms. The van der Waals surface area contributed by atoms with Crippen LogP contribution in [-0.2, 0) is 10.0 Å². The Balaban J connectivity index is 1.45. The molecule has 0 bridgehead atoms. The van der Waals surface area contributed by atoms with Gasteiger partial charge in [0.25, 0.3) is 0 Å². The largest absolute Gasteiger partial charge is 0.497 e. The summed E-state index contributed by atoms with van der Waals surface area (Å²) in [6.07, 6.45) is 1.24. The SMILES string of the molecule is COc1cccc(-c2nnc(C3CCN(S(=O)(=O)c4ccc(OC)c(C)c4)CC3)o2)c1. The zero-order chi connectivity index (χ0) is 22.0. The first-order chi connectivity index (χ1) is 14.9. The summed E-state index contributed by atoms with van der Waals surface area (Å²) in [5.41, 5.74) is 1.57. The van der Waals surface area contributed by atoms with Crippen LogP contribution in [0.15, 0.2) is 51.8 Å². The maximum Gasteiger partial charge on any atom is 0.247 e. The van der Waals surface area contributed by atoms with Gasteiger partial charge in [-0.05, 0) is 61.7 Å². The number of ether oxygens (including phenoxy) is 2. The van der Waals surface area contributed by atoms with E-state index in [1.165, 1.54) is 4.31 Å². The molecule has 0 amide bonds. The summed E-state index contributed by atoms with van der Waals surface area (Å²) in [6, 6.07) is 12.4. The molecule has 3 aromatic rings. The summed E-state index contributed by atoms with van der Waals surface area (Å²) in [4.78, 5) is 0.280. The van der Waals surface area contributed by atoms with Crippen molar-refractivity contribution in [1.29, 1.82) is 0 Å². The van der Waals surface area contributed by atoms with Gasteiger partial charge in [-0.3, -0.25) is 0 Å². The van der Waals surface area contributed by atoms with Crippen LogP contribution in [0.3, 0.4) is 0 Å². The predicted octanol–water partition coefficient (Wildman–Crippen LogP) is 3.63. The number of sulfonamides is 1. The van der Waals surface area contributed by atoms with Crippen molar-refractivity contribution < 1.29 is 22.3 Å². The van der Waals surface area contributed by atoms with Gasteiger partial charge in [-0.2, -0.15) is 4.31 Å². The standard InChI is InChI=1S/C22H25N3O5S/c1-15-13-19(7-8-20(15)29-3)31(26,27)25-11-9-16(10-12-25)21-23-24-22(30-21)17-5-4-6-18(14-17)28-2/h4-8,13-14,16H,9-12H2,1-3H3. The first kappa shape index (κ1) is 21.3. The van der Waals surface area contributed by atoms with E-state index in [1.807, 2.05) is 31.2 Å². The molecule has 0 spiro atoms. The lowest BCUT2D eigenvalue weighted by Gasteiger charge is -2.29. The number of hydrogen-bond acceptors (Lipinski definition) is 7. The molecular formula is C22H25N3O5S. The van der Waals surface area contributed by atoms with E-state index in [0.717, 1.165) is 11.1 Å². The number of rotatable bonds is 6. The lowest BCUT2D eigenvalue weighted by Crippen LogP contribution is -2.38. The zero-order valence-corrected chi connectivity index (χ0v) is 18.6. The Morgan fingerprint density at radius 1 is 1.03 bits per heavy atom. The van der Waals surface area contributed by atoms with Crippen LogP contribution in [0.5, 0.6) is 11.5 Å². The molecular weight excluding hydrogens is 418 g/mol. The third-order valence-electron chi connectivity index (χ3n) is 5.56. The van der Waals surface area contributed by atoms with E-state index in [0.29, 0.717) is 49.2 Å². The molecule has 9 heteroatoms. The van der Waals surface area contributed by atoms with Crippen molar-refractivity contribution in [2.45, 2.75) is 30.6 Å². The van der Waals surface area contributed by atoms with Crippen LogP contribution in [-0.4, -0.2) is 50.2 Å². The van der Waals surface area contributed by atoms with Crippen molar-refractivity contribution in [3.63, 3.8) is 0 Å². The van der Waals surface area contributed by atoms with Crippen LogP contribution >= 0.6 is 0 Å². The molecule has 4 rings (SSSR count). The second-order valence-electron chi connectivity index (χ2n) is 7.49. The topological polar surface area (TPSA) is 94.8 Å². The van der Waals surface area contributed by atoms with Gasteiger partial charge in [0.05, 0.1) is 19.1 Å². The Labute approximate surface area is 181 Å². The predicted molar refractivity (Wildman–Crippen MR) is 115 cm³/mol. The van der Waals surface area contributed by atoms with E-state index in [9.17, 15) is 8.42 Å². The molecule has 0 atom stereocenters. The summed E-state index contributed by atoms with van der Waals surface area (Å²) in [5.74, 6) is 2.37. The second-order valence-corrected chi connectivity index (χ2v) is 9.43. The molecule has 1 aromatic heterocycles. The Bertz CT molecular complexity index is 1170. The normalized spacial score (nSPS) is 15.7. The molecule has 1 fully saturated rings. The maximum absolute atomic E-state index is 13.1. The quantitative estimate of drug-likeness (QED) is 0.574. The van der Waals surface area contributed by atoms with Gasteiger partial charge in [0.15, 0.2) is 0 Å². The third kappa shape index (κ3) is 4.28. The van der Waals surface area contributed by atoms with Gasteiger partial charge in [0, 0.05) is 24.6 Å². The monoisotopic (exact) mass is 443 g/mol. The molecule has 1 aliphatic rings. The minimum absolute atomic E-state index is 0.0240. The van der Waals surface area contributed by atoms with E-state index in [1.54, 1.807) is 32.4 Å². The summed E-state index contributed by atoms with van der Waals surface area (Å²) in [6.45, 7) is 2.63. The first-order valence-electron chi connectivity index (χ1n) is 10.0. The molecule has 164 valence electrons. The zero-order valence-electron chi connectivity index (χ0n) is 17.7. The Hall–Kier alpha value is -2.91. The van der Waals surface area contributed by atoms with Gasteiger partial charge < -0.3 is 13.9 Å². The molecule has 0 radical (unpaired) electrons. The highest BCUT2D eigenvalue weighted by molar-refractivity contribution is 7.89. The van der Waals surface area contributed by atoms with Crippen molar-refractivity contribution >= 4 is 10.0 Å². The molecule has 1 saturated heterocycles. The van der Waals surface area contributed by atoms with Gasteiger partial charge in [-0.15, -0.1) is 10.2 Å². The summed E-state index contributed by atoms with van der Waals surface area (Å²) < 4.78 is 44.0. The van der Waals surface area contributed by atoms with Crippen LogP contribution < -0.4 is 9.47 Å². The summed E-state index contributed by atoms with van der Waals surface area (Å²) >= 11 is 0. The Morgan fingerprint density at radius 3 is 2.48 bits per heavy atom. The smallest absolute Gasteiger partial charge is 0.247 e. The van der Waals surface area contributed by atoms with Crippen molar-refractivity contribution in [1.82, 2.24) is 14.5 Å². The molecule has 0 aliphatic carbocycles. The minimum Gasteiger partial charge on any atom is -0.497 e. The minimum atomic E-state index is -3.56. The van der Waals surface area contributed by atoms with Crippen LogP contribution in [0.4, 0.5) is 0 Å². The van der Waals surface area contributed by atoms with Crippen molar-refractivity contribution in [3.8, 4) is 23.0 Å². The average molecular weight is 444 g/mol. The Morgan fingerprint density at radius 2 is 1.81 bits per heavy atom. The number of nitrogens with zero attached hydrogens (tertiary/aromatic N) is 3. The van der Waals surface area contributed by atoms with Crippen LogP contribution in [0.1, 0.15) is 30.2 Å².